The second-order valence-corrected chi connectivity index (χ2v) is 9.65. The summed E-state index contributed by atoms with van der Waals surface area (Å²) in [6, 6.07) is 11.1. The molecule has 8 nitrogen and oxygen atoms in total. The van der Waals surface area contributed by atoms with E-state index in [4.69, 9.17) is 21.1 Å². The Balaban J connectivity index is 1.77. The molecule has 2 N–H and O–H groups in total. The number of carboxylic acid groups (broad SMARTS) is 1. The maximum absolute atomic E-state index is 12.6. The quantitative estimate of drug-likeness (QED) is 0.501. The number of aromatic carboxylic acids is 1. The minimum Gasteiger partial charge on any atom is -0.478 e. The van der Waals surface area contributed by atoms with Crippen LogP contribution in [0.5, 0.6) is 0 Å². The van der Waals surface area contributed by atoms with Crippen LogP contribution in [0.1, 0.15) is 54.1 Å². The van der Waals surface area contributed by atoms with Crippen molar-refractivity contribution in [3.8, 4) is 0 Å². The van der Waals surface area contributed by atoms with Gasteiger partial charge in [0.15, 0.2) is 0 Å². The molecular formula is C21H22ClN3O5S. The Morgan fingerprint density at radius 1 is 1.13 bits per heavy atom. The van der Waals surface area contributed by atoms with E-state index in [2.05, 4.69) is 28.8 Å². The smallest absolute Gasteiger partial charge is 0.337 e. The fourth-order valence-corrected chi connectivity index (χ4v) is 4.17. The molecular weight excluding hydrogens is 442 g/mol. The van der Waals surface area contributed by atoms with Crippen LogP contribution < -0.4 is 4.72 Å². The normalized spacial score (nSPS) is 12.7. The molecule has 0 aliphatic heterocycles. The molecule has 1 unspecified atom stereocenters. The summed E-state index contributed by atoms with van der Waals surface area (Å²) >= 11 is 5.80. The summed E-state index contributed by atoms with van der Waals surface area (Å²) in [5, 5.41) is 16.8. The first kappa shape index (κ1) is 22.8. The Labute approximate surface area is 185 Å². The number of hydrogen-bond donors (Lipinski definition) is 2. The van der Waals surface area contributed by atoms with Crippen molar-refractivity contribution in [3.63, 3.8) is 0 Å². The molecule has 164 valence electrons. The second kappa shape index (κ2) is 9.07. The average Bonchev–Trinajstić information content (AvgIpc) is 3.15. The standard InChI is InChI=1S/C21H22ClN3O5S/c1-12(2)10-14-4-6-15(7-5-14)13(3)19-23-24-21(30-19)25-31(28,29)16-8-9-18(22)17(11-16)20(26)27/h4-9,11-13H,10H2,1-3H3,(H,24,25)(H,26,27). The van der Waals surface area contributed by atoms with E-state index in [0.29, 0.717) is 5.92 Å². The van der Waals surface area contributed by atoms with E-state index in [1.165, 1.54) is 17.7 Å². The van der Waals surface area contributed by atoms with Crippen molar-refractivity contribution in [2.24, 2.45) is 5.92 Å². The average molecular weight is 464 g/mol. The number of carbonyl (C=O) groups is 1. The van der Waals surface area contributed by atoms with E-state index in [1.807, 2.05) is 31.2 Å². The number of sulfonamides is 1. The highest BCUT2D eigenvalue weighted by atomic mass is 35.5. The van der Waals surface area contributed by atoms with Gasteiger partial charge in [0.1, 0.15) is 0 Å². The zero-order chi connectivity index (χ0) is 22.8. The third-order valence-electron chi connectivity index (χ3n) is 4.63. The monoisotopic (exact) mass is 463 g/mol. The van der Waals surface area contributed by atoms with Crippen molar-refractivity contribution in [2.75, 3.05) is 4.72 Å². The maximum Gasteiger partial charge on any atom is 0.337 e. The van der Waals surface area contributed by atoms with Crippen LogP contribution in [-0.4, -0.2) is 29.7 Å². The van der Waals surface area contributed by atoms with E-state index < -0.39 is 16.0 Å². The zero-order valence-corrected chi connectivity index (χ0v) is 18.7. The first-order chi connectivity index (χ1) is 14.6. The predicted octanol–water partition coefficient (Wildman–Crippen LogP) is 4.57. The summed E-state index contributed by atoms with van der Waals surface area (Å²) < 4.78 is 32.8. The van der Waals surface area contributed by atoms with Crippen molar-refractivity contribution in [3.05, 3.63) is 70.1 Å². The molecule has 0 bridgehead atoms. The molecule has 2 aromatic carbocycles. The van der Waals surface area contributed by atoms with Crippen LogP contribution in [0.2, 0.25) is 5.02 Å². The third kappa shape index (κ3) is 5.42. The number of nitrogens with one attached hydrogen (secondary N) is 1. The van der Waals surface area contributed by atoms with Gasteiger partial charge >= 0.3 is 12.0 Å². The molecule has 0 fully saturated rings. The lowest BCUT2D eigenvalue weighted by atomic mass is 9.97. The highest BCUT2D eigenvalue weighted by Crippen LogP contribution is 2.26. The Morgan fingerprint density at radius 2 is 1.81 bits per heavy atom. The highest BCUT2D eigenvalue weighted by Gasteiger charge is 2.22. The number of rotatable bonds is 8. The summed E-state index contributed by atoms with van der Waals surface area (Å²) in [6.07, 6.45) is 0.982. The molecule has 0 radical (unpaired) electrons. The van der Waals surface area contributed by atoms with Crippen LogP contribution in [-0.2, 0) is 16.4 Å². The van der Waals surface area contributed by atoms with Gasteiger partial charge in [-0.2, -0.15) is 0 Å². The third-order valence-corrected chi connectivity index (χ3v) is 6.28. The lowest BCUT2D eigenvalue weighted by molar-refractivity contribution is 0.0697. The maximum atomic E-state index is 12.6. The molecule has 3 aromatic rings. The van der Waals surface area contributed by atoms with Crippen LogP contribution in [0.25, 0.3) is 0 Å². The van der Waals surface area contributed by atoms with Gasteiger partial charge in [-0.15, -0.1) is 5.10 Å². The van der Waals surface area contributed by atoms with Crippen molar-refractivity contribution < 1.29 is 22.7 Å². The number of anilines is 1. The van der Waals surface area contributed by atoms with Crippen molar-refractivity contribution >= 4 is 33.6 Å². The van der Waals surface area contributed by atoms with Crippen LogP contribution in [0.15, 0.2) is 51.8 Å². The first-order valence-corrected chi connectivity index (χ1v) is 11.4. The van der Waals surface area contributed by atoms with Gasteiger partial charge in [-0.25, -0.2) is 17.9 Å². The molecule has 1 atom stereocenters. The van der Waals surface area contributed by atoms with Gasteiger partial charge in [0.05, 0.1) is 21.4 Å². The van der Waals surface area contributed by atoms with Gasteiger partial charge in [-0.05, 0) is 48.6 Å². The largest absolute Gasteiger partial charge is 0.478 e. The summed E-state index contributed by atoms with van der Waals surface area (Å²) in [7, 11) is -4.15. The van der Waals surface area contributed by atoms with E-state index in [-0.39, 0.29) is 33.3 Å². The molecule has 0 saturated heterocycles. The first-order valence-electron chi connectivity index (χ1n) is 9.54. The van der Waals surface area contributed by atoms with Crippen molar-refractivity contribution in [1.29, 1.82) is 0 Å². The van der Waals surface area contributed by atoms with Crippen LogP contribution >= 0.6 is 11.6 Å². The fraction of sp³-hybridized carbons (Fsp3) is 0.286. The Bertz CT molecular complexity index is 1190. The van der Waals surface area contributed by atoms with E-state index in [9.17, 15) is 13.2 Å². The van der Waals surface area contributed by atoms with Crippen LogP contribution in [0, 0.1) is 5.92 Å². The molecule has 1 aromatic heterocycles. The van der Waals surface area contributed by atoms with Gasteiger partial charge in [-0.3, -0.25) is 0 Å². The van der Waals surface area contributed by atoms with Gasteiger partial charge in [0.25, 0.3) is 10.0 Å². The molecule has 0 amide bonds. The number of benzene rings is 2. The fourth-order valence-electron chi connectivity index (χ4n) is 3.02. The Kier molecular flexibility index (Phi) is 6.66. The number of nitrogens with zero attached hydrogens (tertiary/aromatic N) is 2. The number of carboxylic acids is 1. The second-order valence-electron chi connectivity index (χ2n) is 7.56. The van der Waals surface area contributed by atoms with Crippen LogP contribution in [0.4, 0.5) is 6.01 Å². The molecule has 0 aliphatic carbocycles. The Morgan fingerprint density at radius 3 is 2.42 bits per heavy atom. The Hall–Kier alpha value is -2.91. The minimum absolute atomic E-state index is 0.0697. The highest BCUT2D eigenvalue weighted by molar-refractivity contribution is 7.92. The summed E-state index contributed by atoms with van der Waals surface area (Å²) in [6.45, 7) is 6.19. The lowest BCUT2D eigenvalue weighted by Gasteiger charge is -2.10. The van der Waals surface area contributed by atoms with Gasteiger partial charge in [0.2, 0.25) is 5.89 Å². The van der Waals surface area contributed by atoms with Crippen LogP contribution in [0.3, 0.4) is 0 Å². The van der Waals surface area contributed by atoms with Gasteiger partial charge in [0, 0.05) is 0 Å². The molecule has 1 heterocycles. The lowest BCUT2D eigenvalue weighted by Crippen LogP contribution is -2.14. The molecule has 0 saturated carbocycles. The molecule has 0 aliphatic rings. The molecule has 31 heavy (non-hydrogen) atoms. The molecule has 3 rings (SSSR count). The summed E-state index contributed by atoms with van der Waals surface area (Å²) in [5.74, 6) is -0.776. The summed E-state index contributed by atoms with van der Waals surface area (Å²) in [4.78, 5) is 10.9. The number of hydrogen-bond acceptors (Lipinski definition) is 6. The topological polar surface area (TPSA) is 122 Å². The minimum atomic E-state index is -4.15. The SMILES string of the molecule is CC(C)Cc1ccc(C(C)c2nnc(NS(=O)(=O)c3ccc(Cl)c(C(=O)O)c3)o2)cc1. The predicted molar refractivity (Wildman–Crippen MR) is 116 cm³/mol. The molecule has 10 heteroatoms. The zero-order valence-electron chi connectivity index (χ0n) is 17.2. The summed E-state index contributed by atoms with van der Waals surface area (Å²) in [5.41, 5.74) is 1.85. The van der Waals surface area contributed by atoms with Gasteiger partial charge < -0.3 is 9.52 Å². The van der Waals surface area contributed by atoms with E-state index >= 15 is 0 Å². The molecule has 0 spiro atoms. The van der Waals surface area contributed by atoms with E-state index in [1.54, 1.807) is 0 Å². The number of aromatic nitrogens is 2. The van der Waals surface area contributed by atoms with Crippen molar-refractivity contribution in [2.45, 2.75) is 38.0 Å². The van der Waals surface area contributed by atoms with E-state index in [0.717, 1.165) is 18.1 Å². The number of halogens is 1. The van der Waals surface area contributed by atoms with Gasteiger partial charge in [-0.1, -0.05) is 54.8 Å². The van der Waals surface area contributed by atoms with Crippen molar-refractivity contribution in [1.82, 2.24) is 10.2 Å².